The van der Waals surface area contributed by atoms with Crippen LogP contribution in [0, 0.1) is 0 Å². The first kappa shape index (κ1) is 9.15. The summed E-state index contributed by atoms with van der Waals surface area (Å²) in [6, 6.07) is 3.93. The van der Waals surface area contributed by atoms with E-state index in [1.165, 1.54) is 0 Å². The van der Waals surface area contributed by atoms with Gasteiger partial charge in [-0.15, -0.1) is 11.3 Å². The van der Waals surface area contributed by atoms with Crippen LogP contribution in [0.1, 0.15) is 6.92 Å². The van der Waals surface area contributed by atoms with Crippen LogP contribution in [0.15, 0.2) is 29.9 Å². The number of rotatable bonds is 3. The number of hydrogen-bond donors (Lipinski definition) is 1. The monoisotopic (exact) mass is 205 g/mol. The molecule has 0 atom stereocenters. The van der Waals surface area contributed by atoms with Crippen molar-refractivity contribution in [2.75, 3.05) is 11.9 Å². The molecule has 2 aromatic heterocycles. The third-order valence-corrected chi connectivity index (χ3v) is 2.59. The number of hydrogen-bond acceptors (Lipinski definition) is 4. The zero-order valence-electron chi connectivity index (χ0n) is 7.90. The van der Waals surface area contributed by atoms with Crippen molar-refractivity contribution in [1.29, 1.82) is 0 Å². The highest BCUT2D eigenvalue weighted by atomic mass is 32.1. The molecule has 0 aliphatic heterocycles. The zero-order valence-corrected chi connectivity index (χ0v) is 8.71. The highest BCUT2D eigenvalue weighted by Gasteiger charge is 2.02. The van der Waals surface area contributed by atoms with Crippen LogP contribution >= 0.6 is 11.3 Å². The van der Waals surface area contributed by atoms with Gasteiger partial charge in [0.2, 0.25) is 0 Å². The van der Waals surface area contributed by atoms with E-state index in [1.54, 1.807) is 17.5 Å². The Hall–Kier alpha value is -1.42. The van der Waals surface area contributed by atoms with Gasteiger partial charge in [0.25, 0.3) is 0 Å². The normalized spacial score (nSPS) is 10.1. The molecule has 0 bridgehead atoms. The SMILES string of the molecule is CCNc1nc(-c2cccnc2)cs1. The minimum absolute atomic E-state index is 0.903. The van der Waals surface area contributed by atoms with E-state index < -0.39 is 0 Å². The minimum Gasteiger partial charge on any atom is -0.362 e. The summed E-state index contributed by atoms with van der Waals surface area (Å²) in [5.74, 6) is 0. The van der Waals surface area contributed by atoms with Crippen LogP contribution < -0.4 is 5.32 Å². The van der Waals surface area contributed by atoms with Gasteiger partial charge in [0.05, 0.1) is 5.69 Å². The second kappa shape index (κ2) is 4.19. The summed E-state index contributed by atoms with van der Waals surface area (Å²) >= 11 is 1.62. The summed E-state index contributed by atoms with van der Waals surface area (Å²) in [4.78, 5) is 8.50. The molecule has 0 saturated carbocycles. The quantitative estimate of drug-likeness (QED) is 0.837. The number of nitrogens with zero attached hydrogens (tertiary/aromatic N) is 2. The van der Waals surface area contributed by atoms with Gasteiger partial charge >= 0.3 is 0 Å². The van der Waals surface area contributed by atoms with E-state index in [0.29, 0.717) is 0 Å². The van der Waals surface area contributed by atoms with Gasteiger partial charge in [-0.3, -0.25) is 4.98 Å². The molecule has 0 aliphatic rings. The van der Waals surface area contributed by atoms with Crippen molar-refractivity contribution in [2.45, 2.75) is 6.92 Å². The number of thiazole rings is 1. The van der Waals surface area contributed by atoms with Gasteiger partial charge in [-0.2, -0.15) is 0 Å². The summed E-state index contributed by atoms with van der Waals surface area (Å²) in [6.07, 6.45) is 3.59. The lowest BCUT2D eigenvalue weighted by Gasteiger charge is -1.95. The Kier molecular flexibility index (Phi) is 2.74. The Balaban J connectivity index is 2.25. The van der Waals surface area contributed by atoms with Crippen molar-refractivity contribution in [3.05, 3.63) is 29.9 Å². The first-order chi connectivity index (χ1) is 6.90. The van der Waals surface area contributed by atoms with E-state index in [2.05, 4.69) is 22.2 Å². The van der Waals surface area contributed by atoms with E-state index in [1.807, 2.05) is 23.7 Å². The van der Waals surface area contributed by atoms with Crippen LogP contribution in [-0.2, 0) is 0 Å². The maximum atomic E-state index is 4.44. The van der Waals surface area contributed by atoms with Crippen LogP contribution in [0.5, 0.6) is 0 Å². The lowest BCUT2D eigenvalue weighted by molar-refractivity contribution is 1.19. The lowest BCUT2D eigenvalue weighted by atomic mass is 10.2. The van der Waals surface area contributed by atoms with Gasteiger partial charge in [0, 0.05) is 29.9 Å². The molecule has 72 valence electrons. The van der Waals surface area contributed by atoms with Crippen molar-refractivity contribution in [1.82, 2.24) is 9.97 Å². The maximum absolute atomic E-state index is 4.44. The van der Waals surface area contributed by atoms with Crippen molar-refractivity contribution in [3.8, 4) is 11.3 Å². The maximum Gasteiger partial charge on any atom is 0.183 e. The first-order valence-electron chi connectivity index (χ1n) is 4.50. The Bertz CT molecular complexity index is 397. The van der Waals surface area contributed by atoms with Gasteiger partial charge in [-0.1, -0.05) is 0 Å². The second-order valence-corrected chi connectivity index (χ2v) is 3.67. The van der Waals surface area contributed by atoms with Crippen molar-refractivity contribution in [3.63, 3.8) is 0 Å². The Labute approximate surface area is 86.8 Å². The van der Waals surface area contributed by atoms with Gasteiger partial charge in [-0.05, 0) is 19.1 Å². The molecule has 0 unspecified atom stereocenters. The Morgan fingerprint density at radius 1 is 1.50 bits per heavy atom. The van der Waals surface area contributed by atoms with Crippen LogP contribution in [0.3, 0.4) is 0 Å². The van der Waals surface area contributed by atoms with Crippen LogP contribution in [-0.4, -0.2) is 16.5 Å². The number of aromatic nitrogens is 2. The summed E-state index contributed by atoms with van der Waals surface area (Å²) in [5.41, 5.74) is 2.05. The fourth-order valence-corrected chi connectivity index (χ4v) is 1.94. The first-order valence-corrected chi connectivity index (χ1v) is 5.38. The standard InChI is InChI=1S/C10H11N3S/c1-2-12-10-13-9(7-14-10)8-4-3-5-11-6-8/h3-7H,2H2,1H3,(H,12,13). The molecule has 0 spiro atoms. The summed E-state index contributed by atoms with van der Waals surface area (Å²) in [6.45, 7) is 2.96. The highest BCUT2D eigenvalue weighted by molar-refractivity contribution is 7.14. The highest BCUT2D eigenvalue weighted by Crippen LogP contribution is 2.23. The fraction of sp³-hybridized carbons (Fsp3) is 0.200. The van der Waals surface area contributed by atoms with Crippen molar-refractivity contribution >= 4 is 16.5 Å². The van der Waals surface area contributed by atoms with Gasteiger partial charge in [-0.25, -0.2) is 4.98 Å². The molecule has 2 aromatic rings. The van der Waals surface area contributed by atoms with E-state index in [-0.39, 0.29) is 0 Å². The molecule has 2 rings (SSSR count). The molecule has 0 fully saturated rings. The van der Waals surface area contributed by atoms with Crippen molar-refractivity contribution in [2.24, 2.45) is 0 Å². The van der Waals surface area contributed by atoms with Gasteiger partial charge in [0.15, 0.2) is 5.13 Å². The lowest BCUT2D eigenvalue weighted by Crippen LogP contribution is -1.94. The molecule has 2 heterocycles. The molecule has 4 heteroatoms. The van der Waals surface area contributed by atoms with Crippen LogP contribution in [0.2, 0.25) is 0 Å². The summed E-state index contributed by atoms with van der Waals surface area (Å²) in [7, 11) is 0. The van der Waals surface area contributed by atoms with Crippen LogP contribution in [0.4, 0.5) is 5.13 Å². The molecule has 14 heavy (non-hydrogen) atoms. The number of pyridine rings is 1. The largest absolute Gasteiger partial charge is 0.362 e. The van der Waals surface area contributed by atoms with Crippen LogP contribution in [0.25, 0.3) is 11.3 Å². The minimum atomic E-state index is 0.903. The molecule has 0 aromatic carbocycles. The van der Waals surface area contributed by atoms with Crippen molar-refractivity contribution < 1.29 is 0 Å². The molecule has 0 aliphatic carbocycles. The number of nitrogens with one attached hydrogen (secondary N) is 1. The molecular weight excluding hydrogens is 194 g/mol. The molecule has 1 N–H and O–H groups in total. The fourth-order valence-electron chi connectivity index (χ4n) is 1.15. The Morgan fingerprint density at radius 3 is 3.14 bits per heavy atom. The van der Waals surface area contributed by atoms with E-state index in [4.69, 9.17) is 0 Å². The molecule has 0 radical (unpaired) electrons. The molecule has 0 amide bonds. The second-order valence-electron chi connectivity index (χ2n) is 2.81. The smallest absolute Gasteiger partial charge is 0.183 e. The average Bonchev–Trinajstić information content (AvgIpc) is 2.68. The summed E-state index contributed by atoms with van der Waals surface area (Å²) < 4.78 is 0. The van der Waals surface area contributed by atoms with E-state index in [9.17, 15) is 0 Å². The summed E-state index contributed by atoms with van der Waals surface area (Å²) in [5, 5.41) is 6.19. The number of anilines is 1. The van der Waals surface area contributed by atoms with E-state index in [0.717, 1.165) is 22.9 Å². The Morgan fingerprint density at radius 2 is 2.43 bits per heavy atom. The predicted octanol–water partition coefficient (Wildman–Crippen LogP) is 2.64. The third kappa shape index (κ3) is 1.90. The average molecular weight is 205 g/mol. The zero-order chi connectivity index (χ0) is 9.80. The topological polar surface area (TPSA) is 37.8 Å². The third-order valence-electron chi connectivity index (χ3n) is 1.79. The molecule has 3 nitrogen and oxygen atoms in total. The molecule has 0 saturated heterocycles. The molecular formula is C10H11N3S. The predicted molar refractivity (Wildman–Crippen MR) is 59.5 cm³/mol. The van der Waals surface area contributed by atoms with Gasteiger partial charge < -0.3 is 5.32 Å². The van der Waals surface area contributed by atoms with Gasteiger partial charge in [0.1, 0.15) is 0 Å². The van der Waals surface area contributed by atoms with E-state index >= 15 is 0 Å².